The lowest BCUT2D eigenvalue weighted by Gasteiger charge is -2.30. The van der Waals surface area contributed by atoms with Crippen LogP contribution in [0.1, 0.15) is 29.7 Å². The third-order valence-corrected chi connectivity index (χ3v) is 6.99. The van der Waals surface area contributed by atoms with E-state index < -0.39 is 52.6 Å². The maximum atomic E-state index is 13.7. The first-order valence-electron chi connectivity index (χ1n) is 12.0. The lowest BCUT2D eigenvalue weighted by molar-refractivity contribution is -0.149. The first kappa shape index (κ1) is 26.0. The van der Waals surface area contributed by atoms with Gasteiger partial charge in [0.05, 0.1) is 13.1 Å². The molecule has 3 heterocycles. The van der Waals surface area contributed by atoms with Crippen LogP contribution in [0.2, 0.25) is 0 Å². The maximum absolute atomic E-state index is 13.7. The van der Waals surface area contributed by atoms with Crippen molar-refractivity contribution in [2.45, 2.75) is 44.1 Å². The second-order valence-corrected chi connectivity index (χ2v) is 9.76. The van der Waals surface area contributed by atoms with Gasteiger partial charge in [0.15, 0.2) is 11.2 Å². The molecule has 1 aromatic heterocycles. The number of carbonyl (C=O) groups excluding carboxylic acids is 2. The monoisotopic (exact) mass is 535 g/mol. The van der Waals surface area contributed by atoms with Crippen LogP contribution in [-0.4, -0.2) is 26.3 Å². The summed E-state index contributed by atoms with van der Waals surface area (Å²) in [5.41, 5.74) is -3.52. The van der Waals surface area contributed by atoms with Gasteiger partial charge in [-0.15, -0.1) is 0 Å². The Balaban J connectivity index is 1.61. The van der Waals surface area contributed by atoms with Crippen LogP contribution in [0.5, 0.6) is 0 Å². The van der Waals surface area contributed by atoms with Crippen LogP contribution in [0, 0.1) is 18.6 Å². The highest BCUT2D eigenvalue weighted by atomic mass is 19.1. The quantitative estimate of drug-likeness (QED) is 0.353. The van der Waals surface area contributed by atoms with Crippen molar-refractivity contribution in [3.05, 3.63) is 122 Å². The van der Waals surface area contributed by atoms with Crippen molar-refractivity contribution in [2.75, 3.05) is 0 Å². The van der Waals surface area contributed by atoms with Gasteiger partial charge in [0.1, 0.15) is 17.3 Å². The van der Waals surface area contributed by atoms with Crippen LogP contribution in [0.15, 0.2) is 82.4 Å². The highest BCUT2D eigenvalue weighted by Crippen LogP contribution is 2.41. The fraction of sp³-hybridized carbons (Fsp3) is 0.250. The number of benzene rings is 2. The van der Waals surface area contributed by atoms with Crippen LogP contribution < -0.4 is 11.2 Å². The molecule has 39 heavy (non-hydrogen) atoms. The lowest BCUT2D eigenvalue weighted by Crippen LogP contribution is -2.49. The van der Waals surface area contributed by atoms with Crippen molar-refractivity contribution in [3.63, 3.8) is 0 Å². The SMILES string of the molecule is C=C1CC(Cn2nc(C)c(=O)n(CC3(c4ccc(F)cc4)CC(=C)C(=O)O3)c2=O)(c2ccc(F)cc2)OC1=O. The van der Waals surface area contributed by atoms with Gasteiger partial charge in [0.2, 0.25) is 0 Å². The Morgan fingerprint density at radius 3 is 1.64 bits per heavy atom. The van der Waals surface area contributed by atoms with Crippen LogP contribution in [-0.2, 0) is 43.4 Å². The molecule has 0 spiro atoms. The summed E-state index contributed by atoms with van der Waals surface area (Å²) in [7, 11) is 0. The normalized spacial score (nSPS) is 22.7. The highest BCUT2D eigenvalue weighted by Gasteiger charge is 2.47. The molecule has 0 saturated carbocycles. The molecular weight excluding hydrogens is 512 g/mol. The Labute approximate surface area is 220 Å². The Morgan fingerprint density at radius 2 is 1.23 bits per heavy atom. The molecule has 2 aliphatic rings. The molecule has 2 atom stereocenters. The van der Waals surface area contributed by atoms with Crippen molar-refractivity contribution in [3.8, 4) is 0 Å². The summed E-state index contributed by atoms with van der Waals surface area (Å²) in [6.07, 6.45) is -0.0393. The predicted octanol–water partition coefficient (Wildman–Crippen LogP) is 2.79. The number of aromatic nitrogens is 3. The number of hydrogen-bond acceptors (Lipinski definition) is 7. The Morgan fingerprint density at radius 1 is 0.795 bits per heavy atom. The minimum atomic E-state index is -1.50. The number of ether oxygens (including phenoxy) is 2. The number of cyclic esters (lactones) is 2. The summed E-state index contributed by atoms with van der Waals surface area (Å²) < 4.78 is 40.5. The van der Waals surface area contributed by atoms with E-state index >= 15 is 0 Å². The van der Waals surface area contributed by atoms with Crippen molar-refractivity contribution in [2.24, 2.45) is 0 Å². The third kappa shape index (κ3) is 4.49. The summed E-state index contributed by atoms with van der Waals surface area (Å²) in [6, 6.07) is 10.4. The number of rotatable bonds is 6. The Kier molecular flexibility index (Phi) is 6.16. The van der Waals surface area contributed by atoms with Crippen LogP contribution in [0.25, 0.3) is 0 Å². The predicted molar refractivity (Wildman–Crippen MR) is 133 cm³/mol. The molecule has 2 aromatic carbocycles. The number of halogens is 2. The highest BCUT2D eigenvalue weighted by molar-refractivity contribution is 5.91. The van der Waals surface area contributed by atoms with Crippen LogP contribution in [0.3, 0.4) is 0 Å². The Bertz CT molecular complexity index is 1620. The van der Waals surface area contributed by atoms with Crippen LogP contribution >= 0.6 is 0 Å². The third-order valence-electron chi connectivity index (χ3n) is 6.99. The minimum absolute atomic E-state index is 0.000708. The number of esters is 2. The van der Waals surface area contributed by atoms with Crippen LogP contribution in [0.4, 0.5) is 8.78 Å². The van der Waals surface area contributed by atoms with Gasteiger partial charge in [-0.2, -0.15) is 5.10 Å². The van der Waals surface area contributed by atoms with E-state index in [1.54, 1.807) is 0 Å². The fourth-order valence-electron chi connectivity index (χ4n) is 5.02. The second kappa shape index (κ2) is 9.26. The average Bonchev–Trinajstić information content (AvgIpc) is 3.35. The molecule has 3 aromatic rings. The lowest BCUT2D eigenvalue weighted by atomic mass is 9.89. The smallest absolute Gasteiger partial charge is 0.347 e. The fourth-order valence-corrected chi connectivity index (χ4v) is 5.02. The molecular formula is C28H23F2N3O6. The molecule has 2 fully saturated rings. The molecule has 0 amide bonds. The molecule has 5 rings (SSSR count). The zero-order valence-electron chi connectivity index (χ0n) is 20.9. The van der Waals surface area contributed by atoms with Gasteiger partial charge in [0.25, 0.3) is 5.56 Å². The van der Waals surface area contributed by atoms with E-state index in [9.17, 15) is 28.0 Å². The summed E-state index contributed by atoms with van der Waals surface area (Å²) in [4.78, 5) is 51.6. The molecule has 200 valence electrons. The standard InChI is InChI=1S/C28H23F2N3O6/c1-16-12-27(38-24(16)35,19-4-8-21(29)9-5-19)14-32-23(34)18(3)31-33(26(32)37)15-28(13-17(2)25(36)39-28)20-6-10-22(30)11-7-20/h4-11H,1-2,12-15H2,3H3. The molecule has 0 radical (unpaired) electrons. The van der Waals surface area contributed by atoms with E-state index in [1.165, 1.54) is 55.5 Å². The number of carbonyl (C=O) groups is 2. The van der Waals surface area contributed by atoms with Gasteiger partial charge in [-0.1, -0.05) is 37.4 Å². The van der Waals surface area contributed by atoms with E-state index in [1.807, 2.05) is 0 Å². The van der Waals surface area contributed by atoms with Gasteiger partial charge in [-0.05, 0) is 42.3 Å². The number of hydrogen-bond donors (Lipinski definition) is 0. The molecule has 2 aliphatic heterocycles. The number of nitrogens with zero attached hydrogens (tertiary/aromatic N) is 3. The minimum Gasteiger partial charge on any atom is -0.449 e. The van der Waals surface area contributed by atoms with E-state index in [0.29, 0.717) is 11.1 Å². The summed E-state index contributed by atoms with van der Waals surface area (Å²) in [5, 5.41) is 4.15. The van der Waals surface area contributed by atoms with Gasteiger partial charge < -0.3 is 9.47 Å². The number of aryl methyl sites for hydroxylation is 1. The first-order chi connectivity index (χ1) is 18.4. The average molecular weight is 536 g/mol. The van der Waals surface area contributed by atoms with E-state index in [-0.39, 0.29) is 36.2 Å². The topological polar surface area (TPSA) is 109 Å². The van der Waals surface area contributed by atoms with Gasteiger partial charge in [0, 0.05) is 24.0 Å². The molecule has 2 unspecified atom stereocenters. The molecule has 0 aliphatic carbocycles. The van der Waals surface area contributed by atoms with Crippen molar-refractivity contribution in [1.29, 1.82) is 0 Å². The summed E-state index contributed by atoms with van der Waals surface area (Å²) in [6.45, 7) is 8.13. The maximum Gasteiger partial charge on any atom is 0.347 e. The molecule has 11 heteroatoms. The van der Waals surface area contributed by atoms with Crippen molar-refractivity contribution < 1.29 is 27.8 Å². The molecule has 9 nitrogen and oxygen atoms in total. The van der Waals surface area contributed by atoms with E-state index in [2.05, 4.69) is 18.3 Å². The zero-order chi connectivity index (χ0) is 28.1. The Hall–Kier alpha value is -4.67. The van der Waals surface area contributed by atoms with Crippen molar-refractivity contribution in [1.82, 2.24) is 14.3 Å². The van der Waals surface area contributed by atoms with Gasteiger partial charge in [-0.25, -0.2) is 27.8 Å². The molecule has 0 N–H and O–H groups in total. The van der Waals surface area contributed by atoms with E-state index in [4.69, 9.17) is 9.47 Å². The summed E-state index contributed by atoms with van der Waals surface area (Å²) >= 11 is 0. The molecule has 0 bridgehead atoms. The largest absolute Gasteiger partial charge is 0.449 e. The van der Waals surface area contributed by atoms with Crippen molar-refractivity contribution >= 4 is 11.9 Å². The zero-order valence-corrected chi connectivity index (χ0v) is 20.9. The summed E-state index contributed by atoms with van der Waals surface area (Å²) in [5.74, 6) is -2.40. The van der Waals surface area contributed by atoms with E-state index in [0.717, 1.165) is 9.25 Å². The first-order valence-corrected chi connectivity index (χ1v) is 12.0. The van der Waals surface area contributed by atoms with Gasteiger partial charge >= 0.3 is 17.6 Å². The van der Waals surface area contributed by atoms with Gasteiger partial charge in [-0.3, -0.25) is 9.36 Å². The second-order valence-electron chi connectivity index (χ2n) is 9.76. The molecule has 2 saturated heterocycles.